The van der Waals surface area contributed by atoms with Crippen LogP contribution >= 0.6 is 23.2 Å². The number of benzene rings is 1. The Labute approximate surface area is 129 Å². The largest absolute Gasteiger partial charge is 0.444 e. The minimum atomic E-state index is -0.491. The molecule has 1 aliphatic rings. The summed E-state index contributed by atoms with van der Waals surface area (Å²) in [5, 5.41) is 1.16. The Morgan fingerprint density at radius 3 is 2.60 bits per heavy atom. The van der Waals surface area contributed by atoms with E-state index in [4.69, 9.17) is 27.9 Å². The van der Waals surface area contributed by atoms with Crippen LogP contribution in [-0.4, -0.2) is 23.1 Å². The molecule has 5 heteroatoms. The van der Waals surface area contributed by atoms with E-state index >= 15 is 0 Å². The summed E-state index contributed by atoms with van der Waals surface area (Å²) in [6.07, 6.45) is 0.403. The van der Waals surface area contributed by atoms with Crippen molar-refractivity contribution in [3.05, 3.63) is 33.3 Å². The van der Waals surface area contributed by atoms with E-state index in [1.165, 1.54) is 0 Å². The molecule has 0 radical (unpaired) electrons. The molecule has 1 aromatic rings. The van der Waals surface area contributed by atoms with E-state index in [-0.39, 0.29) is 12.1 Å². The van der Waals surface area contributed by atoms with Gasteiger partial charge in [-0.25, -0.2) is 4.79 Å². The first-order valence-corrected chi connectivity index (χ1v) is 7.42. The Balaban J connectivity index is 2.26. The van der Waals surface area contributed by atoms with Crippen molar-refractivity contribution < 1.29 is 9.53 Å². The topological polar surface area (TPSA) is 29.5 Å². The molecule has 20 heavy (non-hydrogen) atoms. The molecule has 0 aromatic heterocycles. The molecule has 1 atom stereocenters. The summed E-state index contributed by atoms with van der Waals surface area (Å²) in [5.74, 6) is 0. The molecular weight excluding hydrogens is 297 g/mol. The first-order chi connectivity index (χ1) is 9.20. The molecule has 0 spiro atoms. The molecule has 2 rings (SSSR count). The summed E-state index contributed by atoms with van der Waals surface area (Å²) in [4.78, 5) is 14.0. The summed E-state index contributed by atoms with van der Waals surface area (Å²) in [6, 6.07) is 3.64. The van der Waals surface area contributed by atoms with Gasteiger partial charge in [-0.2, -0.15) is 0 Å². The number of carbonyl (C=O) groups is 1. The van der Waals surface area contributed by atoms with Crippen LogP contribution in [0, 0.1) is 0 Å². The number of rotatable bonds is 0. The smallest absolute Gasteiger partial charge is 0.410 e. The number of ether oxygens (including phenoxy) is 1. The fourth-order valence-electron chi connectivity index (χ4n) is 2.42. The van der Waals surface area contributed by atoms with Crippen molar-refractivity contribution in [3.63, 3.8) is 0 Å². The number of halogens is 2. The Morgan fingerprint density at radius 2 is 2.00 bits per heavy atom. The fourth-order valence-corrected chi connectivity index (χ4v) is 2.86. The standard InChI is InChI=1S/C15H19Cl2NO2/c1-9-10-5-6-12(16)13(17)11(10)7-8-18(9)14(19)20-15(2,3)4/h5-6,9H,7-8H2,1-4H3/t9-/m1/s1. The van der Waals surface area contributed by atoms with Crippen LogP contribution < -0.4 is 0 Å². The first-order valence-electron chi connectivity index (χ1n) is 6.67. The molecule has 0 unspecified atom stereocenters. The molecule has 1 amide bonds. The van der Waals surface area contributed by atoms with E-state index in [1.54, 1.807) is 11.0 Å². The number of hydrogen-bond donors (Lipinski definition) is 0. The molecular formula is C15H19Cl2NO2. The third-order valence-corrected chi connectivity index (χ3v) is 4.22. The van der Waals surface area contributed by atoms with E-state index in [0.29, 0.717) is 23.0 Å². The van der Waals surface area contributed by atoms with Gasteiger partial charge in [0.2, 0.25) is 0 Å². The molecule has 1 aliphatic heterocycles. The average Bonchev–Trinajstić information content (AvgIpc) is 2.32. The number of carbonyl (C=O) groups excluding carboxylic acids is 1. The summed E-state index contributed by atoms with van der Waals surface area (Å²) in [7, 11) is 0. The highest BCUT2D eigenvalue weighted by atomic mass is 35.5. The maximum atomic E-state index is 12.2. The van der Waals surface area contributed by atoms with Crippen LogP contribution in [0.4, 0.5) is 4.79 Å². The van der Waals surface area contributed by atoms with Gasteiger partial charge in [0.25, 0.3) is 0 Å². The highest BCUT2D eigenvalue weighted by molar-refractivity contribution is 6.42. The Morgan fingerprint density at radius 1 is 1.35 bits per heavy atom. The lowest BCUT2D eigenvalue weighted by Gasteiger charge is -2.36. The Bertz CT molecular complexity index is 537. The molecule has 0 bridgehead atoms. The van der Waals surface area contributed by atoms with Gasteiger partial charge in [0.1, 0.15) is 5.60 Å². The van der Waals surface area contributed by atoms with Gasteiger partial charge in [-0.15, -0.1) is 0 Å². The van der Waals surface area contributed by atoms with Crippen LogP contribution in [-0.2, 0) is 11.2 Å². The van der Waals surface area contributed by atoms with E-state index in [1.807, 2.05) is 33.8 Å². The summed E-state index contributed by atoms with van der Waals surface area (Å²) < 4.78 is 5.44. The van der Waals surface area contributed by atoms with Gasteiger partial charge >= 0.3 is 6.09 Å². The van der Waals surface area contributed by atoms with Crippen LogP contribution in [0.2, 0.25) is 10.0 Å². The number of nitrogens with zero attached hydrogens (tertiary/aromatic N) is 1. The highest BCUT2D eigenvalue weighted by Crippen LogP contribution is 2.37. The monoisotopic (exact) mass is 315 g/mol. The third kappa shape index (κ3) is 3.04. The van der Waals surface area contributed by atoms with E-state index in [9.17, 15) is 4.79 Å². The number of hydrogen-bond acceptors (Lipinski definition) is 2. The zero-order chi connectivity index (χ0) is 15.1. The van der Waals surface area contributed by atoms with Gasteiger partial charge in [-0.05, 0) is 51.3 Å². The van der Waals surface area contributed by atoms with Gasteiger partial charge in [-0.3, -0.25) is 0 Å². The summed E-state index contributed by atoms with van der Waals surface area (Å²) in [6.45, 7) is 8.16. The fraction of sp³-hybridized carbons (Fsp3) is 0.533. The van der Waals surface area contributed by atoms with Crippen LogP contribution in [0.25, 0.3) is 0 Å². The minimum Gasteiger partial charge on any atom is -0.444 e. The third-order valence-electron chi connectivity index (χ3n) is 3.38. The maximum Gasteiger partial charge on any atom is 0.410 e. The van der Waals surface area contributed by atoms with Crippen molar-refractivity contribution >= 4 is 29.3 Å². The number of amides is 1. The molecule has 3 nitrogen and oxygen atoms in total. The lowest BCUT2D eigenvalue weighted by atomic mass is 9.94. The van der Waals surface area contributed by atoms with E-state index in [2.05, 4.69) is 0 Å². The van der Waals surface area contributed by atoms with Crippen LogP contribution in [0.5, 0.6) is 0 Å². The average molecular weight is 316 g/mol. The molecule has 0 saturated carbocycles. The zero-order valence-corrected chi connectivity index (χ0v) is 13.7. The van der Waals surface area contributed by atoms with Crippen LogP contribution in [0.3, 0.4) is 0 Å². The van der Waals surface area contributed by atoms with Crippen LogP contribution in [0.15, 0.2) is 12.1 Å². The van der Waals surface area contributed by atoms with Gasteiger partial charge in [0, 0.05) is 6.54 Å². The quantitative estimate of drug-likeness (QED) is 0.685. The molecule has 110 valence electrons. The van der Waals surface area contributed by atoms with Crippen molar-refractivity contribution in [2.75, 3.05) is 6.54 Å². The molecule has 1 heterocycles. The molecule has 0 aliphatic carbocycles. The Hall–Kier alpha value is -0.930. The van der Waals surface area contributed by atoms with Crippen molar-refractivity contribution in [3.8, 4) is 0 Å². The predicted molar refractivity (Wildman–Crippen MR) is 81.5 cm³/mol. The van der Waals surface area contributed by atoms with Crippen molar-refractivity contribution in [1.82, 2.24) is 4.90 Å². The maximum absolute atomic E-state index is 12.2. The van der Waals surface area contributed by atoms with Crippen molar-refractivity contribution in [2.24, 2.45) is 0 Å². The SMILES string of the molecule is C[C@@H]1c2ccc(Cl)c(Cl)c2CCN1C(=O)OC(C)(C)C. The normalized spacial score (nSPS) is 18.7. The second kappa shape index (κ2) is 5.45. The van der Waals surface area contributed by atoms with Crippen LogP contribution in [0.1, 0.15) is 44.9 Å². The van der Waals surface area contributed by atoms with Crippen molar-refractivity contribution in [1.29, 1.82) is 0 Å². The highest BCUT2D eigenvalue weighted by Gasteiger charge is 2.32. The minimum absolute atomic E-state index is 0.0663. The van der Waals surface area contributed by atoms with E-state index < -0.39 is 5.60 Å². The van der Waals surface area contributed by atoms with Gasteiger partial charge in [0.15, 0.2) is 0 Å². The second-order valence-electron chi connectivity index (χ2n) is 6.03. The lowest BCUT2D eigenvalue weighted by Crippen LogP contribution is -2.42. The molecule has 0 fully saturated rings. The van der Waals surface area contributed by atoms with Gasteiger partial charge in [0.05, 0.1) is 16.1 Å². The lowest BCUT2D eigenvalue weighted by molar-refractivity contribution is 0.0160. The summed E-state index contributed by atoms with van der Waals surface area (Å²) >= 11 is 12.3. The predicted octanol–water partition coefficient (Wildman–Crippen LogP) is 4.85. The first kappa shape index (κ1) is 15.5. The Kier molecular flexibility index (Phi) is 4.22. The molecule has 0 saturated heterocycles. The van der Waals surface area contributed by atoms with Gasteiger partial charge in [-0.1, -0.05) is 29.3 Å². The van der Waals surface area contributed by atoms with E-state index in [0.717, 1.165) is 11.1 Å². The second-order valence-corrected chi connectivity index (χ2v) is 6.81. The van der Waals surface area contributed by atoms with Crippen molar-refractivity contribution in [2.45, 2.75) is 45.8 Å². The molecule has 0 N–H and O–H groups in total. The molecule has 1 aromatic carbocycles. The zero-order valence-electron chi connectivity index (χ0n) is 12.2. The number of fused-ring (bicyclic) bond motifs is 1. The van der Waals surface area contributed by atoms with Gasteiger partial charge < -0.3 is 9.64 Å². The summed E-state index contributed by atoms with van der Waals surface area (Å²) in [5.41, 5.74) is 1.58.